The van der Waals surface area contributed by atoms with Gasteiger partial charge in [0.05, 0.1) is 12.0 Å². The molecule has 0 atom stereocenters. The Morgan fingerprint density at radius 1 is 1.03 bits per heavy atom. The summed E-state index contributed by atoms with van der Waals surface area (Å²) in [6.45, 7) is 10.9. The molecule has 2 heterocycles. The maximum atomic E-state index is 4.81. The first kappa shape index (κ1) is 23.0. The summed E-state index contributed by atoms with van der Waals surface area (Å²) in [5.74, 6) is 0. The third-order valence-corrected chi connectivity index (χ3v) is 6.77. The minimum atomic E-state index is 0.898. The molecule has 0 fully saturated rings. The highest BCUT2D eigenvalue weighted by atomic mass is 32.1. The minimum absolute atomic E-state index is 0.898. The van der Waals surface area contributed by atoms with Crippen molar-refractivity contribution in [1.29, 1.82) is 0 Å². The highest BCUT2D eigenvalue weighted by molar-refractivity contribution is 7.14. The van der Waals surface area contributed by atoms with Crippen LogP contribution in [0.25, 0.3) is 16.9 Å². The van der Waals surface area contributed by atoms with Crippen LogP contribution in [0.1, 0.15) is 19.4 Å². The Morgan fingerprint density at radius 2 is 1.82 bits per heavy atom. The zero-order valence-electron chi connectivity index (χ0n) is 19.8. The average molecular weight is 461 g/mol. The molecule has 0 radical (unpaired) electrons. The van der Waals surface area contributed by atoms with Crippen molar-refractivity contribution in [3.8, 4) is 16.9 Å². The fourth-order valence-electron chi connectivity index (χ4n) is 3.78. The molecule has 6 nitrogen and oxygen atoms in total. The lowest BCUT2D eigenvalue weighted by atomic mass is 10.1. The maximum Gasteiger partial charge on any atom is 0.187 e. The van der Waals surface area contributed by atoms with Gasteiger partial charge in [-0.1, -0.05) is 26.0 Å². The summed E-state index contributed by atoms with van der Waals surface area (Å²) in [5, 5.41) is 6.49. The first-order valence-electron chi connectivity index (χ1n) is 11.4. The van der Waals surface area contributed by atoms with Crippen molar-refractivity contribution in [3.63, 3.8) is 0 Å². The van der Waals surface area contributed by atoms with Gasteiger partial charge in [-0.15, -0.1) is 11.3 Å². The Hall–Kier alpha value is -3.16. The number of imidazole rings is 1. The summed E-state index contributed by atoms with van der Waals surface area (Å²) in [6, 6.07) is 14.9. The Kier molecular flexibility index (Phi) is 7.42. The first-order valence-corrected chi connectivity index (χ1v) is 12.3. The summed E-state index contributed by atoms with van der Waals surface area (Å²) in [5.41, 5.74) is 6.71. The third-order valence-electron chi connectivity index (χ3n) is 6.01. The van der Waals surface area contributed by atoms with E-state index in [-0.39, 0.29) is 0 Å². The molecular formula is C26H32N6S. The van der Waals surface area contributed by atoms with Gasteiger partial charge in [0.1, 0.15) is 0 Å². The molecule has 33 heavy (non-hydrogen) atoms. The molecule has 0 aliphatic heterocycles. The molecule has 2 aromatic heterocycles. The predicted octanol–water partition coefficient (Wildman–Crippen LogP) is 5.83. The van der Waals surface area contributed by atoms with Crippen LogP contribution >= 0.6 is 11.3 Å². The molecule has 2 aromatic carbocycles. The second-order valence-electron chi connectivity index (χ2n) is 8.13. The van der Waals surface area contributed by atoms with Crippen molar-refractivity contribution < 1.29 is 0 Å². The van der Waals surface area contributed by atoms with E-state index in [2.05, 4.69) is 95.8 Å². The number of nitrogens with one attached hydrogen (secondary N) is 1. The van der Waals surface area contributed by atoms with Gasteiger partial charge in [0.2, 0.25) is 0 Å². The summed E-state index contributed by atoms with van der Waals surface area (Å²) < 4.78 is 1.99. The molecule has 0 saturated carbocycles. The van der Waals surface area contributed by atoms with Gasteiger partial charge >= 0.3 is 0 Å². The SMILES string of the molecule is CCN(CC)CCN(C)c1ccc(Nc2nc(-c3ccc(-n4ccnc4)cc3)cs2)c(C)c1. The monoisotopic (exact) mass is 460 g/mol. The molecule has 0 amide bonds. The van der Waals surface area contributed by atoms with Gasteiger partial charge in [0, 0.05) is 60.5 Å². The standard InChI is InChI=1S/C26H32N6S/c1-5-31(6-2)16-15-30(4)23-11-12-24(20(3)17-23)28-26-29-25(18-33-26)21-7-9-22(10-8-21)32-14-13-27-19-32/h7-14,17-19H,5-6,15-16H2,1-4H3,(H,28,29). The van der Waals surface area contributed by atoms with Crippen molar-refractivity contribution in [1.82, 2.24) is 19.4 Å². The minimum Gasteiger partial charge on any atom is -0.373 e. The summed E-state index contributed by atoms with van der Waals surface area (Å²) in [4.78, 5) is 13.7. The summed E-state index contributed by atoms with van der Waals surface area (Å²) in [6.07, 6.45) is 5.53. The third kappa shape index (κ3) is 5.61. The van der Waals surface area contributed by atoms with Crippen LogP contribution < -0.4 is 10.2 Å². The van der Waals surface area contributed by atoms with Gasteiger partial charge in [-0.2, -0.15) is 0 Å². The molecule has 7 heteroatoms. The fraction of sp³-hybridized carbons (Fsp3) is 0.308. The molecule has 0 bridgehead atoms. The lowest BCUT2D eigenvalue weighted by Gasteiger charge is -2.25. The largest absolute Gasteiger partial charge is 0.373 e. The van der Waals surface area contributed by atoms with Crippen molar-refractivity contribution in [3.05, 3.63) is 72.1 Å². The number of aromatic nitrogens is 3. The molecule has 1 N–H and O–H groups in total. The van der Waals surface area contributed by atoms with Crippen LogP contribution in [0.5, 0.6) is 0 Å². The molecule has 0 unspecified atom stereocenters. The van der Waals surface area contributed by atoms with Crippen molar-refractivity contribution in [2.75, 3.05) is 43.4 Å². The maximum absolute atomic E-state index is 4.81. The van der Waals surface area contributed by atoms with Crippen LogP contribution in [0.2, 0.25) is 0 Å². The van der Waals surface area contributed by atoms with Crippen molar-refractivity contribution in [2.24, 2.45) is 0 Å². The number of thiazole rings is 1. The van der Waals surface area contributed by atoms with Gasteiger partial charge in [0.15, 0.2) is 5.13 Å². The van der Waals surface area contributed by atoms with E-state index in [4.69, 9.17) is 4.98 Å². The van der Waals surface area contributed by atoms with E-state index >= 15 is 0 Å². The molecule has 4 rings (SSSR count). The first-order chi connectivity index (χ1) is 16.1. The number of hydrogen-bond acceptors (Lipinski definition) is 6. The summed E-state index contributed by atoms with van der Waals surface area (Å²) >= 11 is 1.62. The molecule has 172 valence electrons. The van der Waals surface area contributed by atoms with Gasteiger partial charge in [-0.3, -0.25) is 0 Å². The van der Waals surface area contributed by atoms with E-state index in [0.29, 0.717) is 0 Å². The van der Waals surface area contributed by atoms with E-state index in [1.165, 1.54) is 11.3 Å². The van der Waals surface area contributed by atoms with Gasteiger partial charge < -0.3 is 19.7 Å². The van der Waals surface area contributed by atoms with E-state index in [0.717, 1.165) is 53.9 Å². The number of likely N-dealkylation sites (N-methyl/N-ethyl adjacent to an activating group) is 2. The molecule has 0 saturated heterocycles. The number of hydrogen-bond donors (Lipinski definition) is 1. The van der Waals surface area contributed by atoms with E-state index < -0.39 is 0 Å². The Morgan fingerprint density at radius 3 is 2.48 bits per heavy atom. The molecule has 4 aromatic rings. The quantitative estimate of drug-likeness (QED) is 0.323. The molecule has 0 aliphatic rings. The van der Waals surface area contributed by atoms with Crippen LogP contribution in [0.4, 0.5) is 16.5 Å². The normalized spacial score (nSPS) is 11.2. The van der Waals surface area contributed by atoms with Crippen molar-refractivity contribution >= 4 is 27.8 Å². The van der Waals surface area contributed by atoms with Crippen LogP contribution in [0.15, 0.2) is 66.6 Å². The number of aryl methyl sites for hydroxylation is 1. The number of nitrogens with zero attached hydrogens (tertiary/aromatic N) is 5. The number of benzene rings is 2. The van der Waals surface area contributed by atoms with Crippen LogP contribution in [0, 0.1) is 6.92 Å². The highest BCUT2D eigenvalue weighted by Crippen LogP contribution is 2.30. The number of anilines is 3. The molecule has 0 aliphatic carbocycles. The van der Waals surface area contributed by atoms with E-state index in [9.17, 15) is 0 Å². The Labute approximate surface area is 200 Å². The van der Waals surface area contributed by atoms with Gasteiger partial charge in [-0.25, -0.2) is 9.97 Å². The zero-order chi connectivity index (χ0) is 23.2. The predicted molar refractivity (Wildman–Crippen MR) is 140 cm³/mol. The zero-order valence-corrected chi connectivity index (χ0v) is 20.6. The second kappa shape index (κ2) is 10.6. The van der Waals surface area contributed by atoms with E-state index in [1.807, 2.05) is 10.8 Å². The second-order valence-corrected chi connectivity index (χ2v) is 8.99. The fourth-order valence-corrected chi connectivity index (χ4v) is 4.51. The molecular weight excluding hydrogens is 428 g/mol. The topological polar surface area (TPSA) is 49.2 Å². The lowest BCUT2D eigenvalue weighted by Crippen LogP contribution is -2.33. The lowest BCUT2D eigenvalue weighted by molar-refractivity contribution is 0.311. The smallest absolute Gasteiger partial charge is 0.187 e. The van der Waals surface area contributed by atoms with Gasteiger partial charge in [-0.05, 0) is 55.9 Å². The van der Waals surface area contributed by atoms with Gasteiger partial charge in [0.25, 0.3) is 0 Å². The Balaban J connectivity index is 1.40. The number of rotatable bonds is 10. The van der Waals surface area contributed by atoms with Crippen LogP contribution in [-0.4, -0.2) is 52.7 Å². The highest BCUT2D eigenvalue weighted by Gasteiger charge is 2.09. The summed E-state index contributed by atoms with van der Waals surface area (Å²) in [7, 11) is 2.16. The van der Waals surface area contributed by atoms with E-state index in [1.54, 1.807) is 23.9 Å². The average Bonchev–Trinajstić information content (AvgIpc) is 3.54. The van der Waals surface area contributed by atoms with Crippen LogP contribution in [0.3, 0.4) is 0 Å². The Bertz CT molecular complexity index is 1150. The van der Waals surface area contributed by atoms with Crippen molar-refractivity contribution in [2.45, 2.75) is 20.8 Å². The molecule has 0 spiro atoms. The van der Waals surface area contributed by atoms with Crippen LogP contribution in [-0.2, 0) is 0 Å².